The number of pyridine rings is 1. The third-order valence-electron chi connectivity index (χ3n) is 5.49. The Morgan fingerprint density at radius 2 is 1.75 bits per heavy atom. The van der Waals surface area contributed by atoms with E-state index in [9.17, 15) is 4.79 Å². The molecule has 1 aliphatic rings. The minimum absolute atomic E-state index is 0.0505. The van der Waals surface area contributed by atoms with Crippen LogP contribution in [0.5, 0.6) is 0 Å². The van der Waals surface area contributed by atoms with Gasteiger partial charge in [-0.15, -0.1) is 0 Å². The van der Waals surface area contributed by atoms with Gasteiger partial charge in [-0.25, -0.2) is 0 Å². The summed E-state index contributed by atoms with van der Waals surface area (Å²) in [7, 11) is 0. The van der Waals surface area contributed by atoms with Crippen molar-refractivity contribution in [1.82, 2.24) is 14.8 Å². The Kier molecular flexibility index (Phi) is 5.65. The number of carbonyl (C=O) groups is 1. The van der Waals surface area contributed by atoms with Crippen LogP contribution in [0, 0.1) is 0 Å². The fourth-order valence-electron chi connectivity index (χ4n) is 3.77. The van der Waals surface area contributed by atoms with Crippen LogP contribution in [0.3, 0.4) is 0 Å². The van der Waals surface area contributed by atoms with Gasteiger partial charge in [-0.05, 0) is 30.5 Å². The predicted octanol–water partition coefficient (Wildman–Crippen LogP) is 3.38. The summed E-state index contributed by atoms with van der Waals surface area (Å²) in [6.07, 6.45) is 1.84. The van der Waals surface area contributed by atoms with Crippen molar-refractivity contribution < 1.29 is 4.79 Å². The lowest BCUT2D eigenvalue weighted by Gasteiger charge is -2.37. The molecule has 1 saturated heterocycles. The van der Waals surface area contributed by atoms with Gasteiger partial charge in [0.05, 0.1) is 11.7 Å². The van der Waals surface area contributed by atoms with E-state index >= 15 is 0 Å². The molecule has 1 amide bonds. The predicted molar refractivity (Wildman–Crippen MR) is 113 cm³/mol. The topological polar surface area (TPSA) is 48.5 Å². The van der Waals surface area contributed by atoms with E-state index in [1.165, 1.54) is 0 Å². The van der Waals surface area contributed by atoms with Crippen LogP contribution in [0.4, 0.5) is 5.69 Å². The second-order valence-corrected chi connectivity index (χ2v) is 7.33. The van der Waals surface area contributed by atoms with Crippen molar-refractivity contribution >= 4 is 22.4 Å². The molecule has 1 aliphatic heterocycles. The van der Waals surface area contributed by atoms with E-state index in [2.05, 4.69) is 38.3 Å². The molecule has 5 heteroatoms. The van der Waals surface area contributed by atoms with Crippen LogP contribution >= 0.6 is 0 Å². The highest BCUT2D eigenvalue weighted by Gasteiger charge is 2.26. The zero-order chi connectivity index (χ0) is 19.3. The molecule has 1 atom stereocenters. The van der Waals surface area contributed by atoms with E-state index in [4.69, 9.17) is 0 Å². The van der Waals surface area contributed by atoms with Gasteiger partial charge < -0.3 is 5.32 Å². The van der Waals surface area contributed by atoms with Crippen molar-refractivity contribution in [1.29, 1.82) is 0 Å². The Morgan fingerprint density at radius 3 is 2.54 bits per heavy atom. The summed E-state index contributed by atoms with van der Waals surface area (Å²) >= 11 is 0. The number of fused-ring (bicyclic) bond motifs is 1. The average Bonchev–Trinajstić information content (AvgIpc) is 2.75. The molecule has 4 rings (SSSR count). The van der Waals surface area contributed by atoms with Crippen LogP contribution in [0.15, 0.2) is 66.9 Å². The number of nitrogens with one attached hydrogen (secondary N) is 1. The second-order valence-electron chi connectivity index (χ2n) is 7.33. The molecule has 1 fully saturated rings. The molecule has 5 nitrogen and oxygen atoms in total. The average molecular weight is 374 g/mol. The first-order valence-corrected chi connectivity index (χ1v) is 9.85. The lowest BCUT2D eigenvalue weighted by atomic mass is 10.1. The van der Waals surface area contributed by atoms with Crippen molar-refractivity contribution in [2.45, 2.75) is 19.5 Å². The number of hydrogen-bond acceptors (Lipinski definition) is 4. The molecule has 0 radical (unpaired) electrons. The number of anilines is 1. The molecule has 0 spiro atoms. The molecule has 0 bridgehead atoms. The third-order valence-corrected chi connectivity index (χ3v) is 5.49. The molecule has 144 valence electrons. The number of piperazine rings is 1. The molecule has 2 heterocycles. The first kappa shape index (κ1) is 18.6. The SMILES string of the molecule is CC(C(=O)Nc1cccc2ccccc12)N1CCN(Cc2ccccn2)CC1. The second kappa shape index (κ2) is 8.50. The van der Waals surface area contributed by atoms with Gasteiger partial charge in [0.25, 0.3) is 0 Å². The lowest BCUT2D eigenvalue weighted by Crippen LogP contribution is -2.52. The smallest absolute Gasteiger partial charge is 0.241 e. The molecule has 28 heavy (non-hydrogen) atoms. The minimum atomic E-state index is -0.157. The maximum atomic E-state index is 12.9. The Bertz CT molecular complexity index is 930. The van der Waals surface area contributed by atoms with Crippen LogP contribution in [0.2, 0.25) is 0 Å². The van der Waals surface area contributed by atoms with Crippen LogP contribution in [-0.2, 0) is 11.3 Å². The molecular formula is C23H26N4O. The van der Waals surface area contributed by atoms with Gasteiger partial charge in [0.15, 0.2) is 0 Å². The Balaban J connectivity index is 1.34. The number of rotatable bonds is 5. The zero-order valence-corrected chi connectivity index (χ0v) is 16.2. The van der Waals surface area contributed by atoms with Crippen LogP contribution < -0.4 is 5.32 Å². The zero-order valence-electron chi connectivity index (χ0n) is 16.2. The number of nitrogens with zero attached hydrogens (tertiary/aromatic N) is 3. The van der Waals surface area contributed by atoms with Gasteiger partial charge in [0, 0.05) is 50.0 Å². The van der Waals surface area contributed by atoms with E-state index in [0.29, 0.717) is 0 Å². The summed E-state index contributed by atoms with van der Waals surface area (Å²) in [5, 5.41) is 5.34. The summed E-state index contributed by atoms with van der Waals surface area (Å²) in [6, 6.07) is 20.0. The quantitative estimate of drug-likeness (QED) is 0.744. The first-order chi connectivity index (χ1) is 13.7. The molecule has 2 aromatic carbocycles. The van der Waals surface area contributed by atoms with Gasteiger partial charge in [0.2, 0.25) is 5.91 Å². The van der Waals surface area contributed by atoms with E-state index in [1.54, 1.807) is 0 Å². The van der Waals surface area contributed by atoms with E-state index in [1.807, 2.05) is 55.6 Å². The first-order valence-electron chi connectivity index (χ1n) is 9.85. The summed E-state index contributed by atoms with van der Waals surface area (Å²) in [4.78, 5) is 21.9. The summed E-state index contributed by atoms with van der Waals surface area (Å²) in [6.45, 7) is 6.53. The van der Waals surface area contributed by atoms with Crippen molar-refractivity contribution in [3.8, 4) is 0 Å². The van der Waals surface area contributed by atoms with E-state index in [0.717, 1.165) is 54.9 Å². The van der Waals surface area contributed by atoms with Gasteiger partial charge in [-0.2, -0.15) is 0 Å². The van der Waals surface area contributed by atoms with Gasteiger partial charge in [0.1, 0.15) is 0 Å². The molecule has 1 N–H and O–H groups in total. The number of benzene rings is 2. The van der Waals surface area contributed by atoms with Crippen molar-refractivity contribution in [3.05, 3.63) is 72.6 Å². The largest absolute Gasteiger partial charge is 0.324 e. The highest BCUT2D eigenvalue weighted by molar-refractivity contribution is 6.03. The standard InChI is InChI=1S/C23H26N4O/c1-18(23(28)25-22-11-6-8-19-7-2-3-10-21(19)22)27-15-13-26(14-16-27)17-20-9-4-5-12-24-20/h2-12,18H,13-17H2,1H3,(H,25,28). The molecule has 0 saturated carbocycles. The van der Waals surface area contributed by atoms with Crippen molar-refractivity contribution in [2.24, 2.45) is 0 Å². The van der Waals surface area contributed by atoms with Crippen LogP contribution in [0.25, 0.3) is 10.8 Å². The van der Waals surface area contributed by atoms with Gasteiger partial charge >= 0.3 is 0 Å². The molecule has 0 aliphatic carbocycles. The van der Waals surface area contributed by atoms with Crippen molar-refractivity contribution in [3.63, 3.8) is 0 Å². The van der Waals surface area contributed by atoms with Gasteiger partial charge in [-0.1, -0.05) is 42.5 Å². The maximum absolute atomic E-state index is 12.9. The summed E-state index contributed by atoms with van der Waals surface area (Å²) < 4.78 is 0. The monoisotopic (exact) mass is 374 g/mol. The highest BCUT2D eigenvalue weighted by atomic mass is 16.2. The number of aromatic nitrogens is 1. The minimum Gasteiger partial charge on any atom is -0.324 e. The molecule has 3 aromatic rings. The Labute approximate surface area is 166 Å². The molecule has 1 aromatic heterocycles. The molecule has 1 unspecified atom stereocenters. The Morgan fingerprint density at radius 1 is 1.00 bits per heavy atom. The maximum Gasteiger partial charge on any atom is 0.241 e. The summed E-state index contributed by atoms with van der Waals surface area (Å²) in [5.74, 6) is 0.0505. The Hall–Kier alpha value is -2.76. The van der Waals surface area contributed by atoms with Crippen LogP contribution in [-0.4, -0.2) is 52.9 Å². The van der Waals surface area contributed by atoms with Crippen LogP contribution in [0.1, 0.15) is 12.6 Å². The third kappa shape index (κ3) is 4.21. The number of amides is 1. The number of hydrogen-bond donors (Lipinski definition) is 1. The van der Waals surface area contributed by atoms with Crippen molar-refractivity contribution in [2.75, 3.05) is 31.5 Å². The van der Waals surface area contributed by atoms with E-state index in [-0.39, 0.29) is 11.9 Å². The summed E-state index contributed by atoms with van der Waals surface area (Å²) in [5.41, 5.74) is 1.97. The normalized spacial score (nSPS) is 16.8. The highest BCUT2D eigenvalue weighted by Crippen LogP contribution is 2.23. The lowest BCUT2D eigenvalue weighted by molar-refractivity contribution is -0.121. The van der Waals surface area contributed by atoms with Gasteiger partial charge in [-0.3, -0.25) is 19.6 Å². The number of carbonyl (C=O) groups excluding carboxylic acids is 1. The van der Waals surface area contributed by atoms with E-state index < -0.39 is 0 Å². The fourth-order valence-corrected chi connectivity index (χ4v) is 3.77. The molecular weight excluding hydrogens is 348 g/mol. The fraction of sp³-hybridized carbons (Fsp3) is 0.304.